The van der Waals surface area contributed by atoms with Gasteiger partial charge in [-0.1, -0.05) is 29.8 Å². The fraction of sp³-hybridized carbons (Fsp3) is 0.300. The van der Waals surface area contributed by atoms with Gasteiger partial charge in [-0.2, -0.15) is 8.78 Å². The zero-order valence-corrected chi connectivity index (χ0v) is 15.4. The maximum atomic E-state index is 12.8. The van der Waals surface area contributed by atoms with Gasteiger partial charge in [0.2, 0.25) is 0 Å². The van der Waals surface area contributed by atoms with Crippen molar-refractivity contribution >= 4 is 11.9 Å². The van der Waals surface area contributed by atoms with Crippen LogP contribution in [0.25, 0.3) is 0 Å². The molecule has 3 amide bonds. The number of carbonyl (C=O) groups excluding carboxylic acids is 2. The van der Waals surface area contributed by atoms with Crippen LogP contribution in [0.5, 0.6) is 11.5 Å². The van der Waals surface area contributed by atoms with E-state index in [9.17, 15) is 18.4 Å². The van der Waals surface area contributed by atoms with E-state index in [0.717, 1.165) is 10.5 Å². The van der Waals surface area contributed by atoms with Crippen molar-refractivity contribution in [2.24, 2.45) is 0 Å². The summed E-state index contributed by atoms with van der Waals surface area (Å²) in [4.78, 5) is 26.2. The van der Waals surface area contributed by atoms with Crippen molar-refractivity contribution in [2.75, 3.05) is 13.2 Å². The zero-order valence-electron chi connectivity index (χ0n) is 15.4. The third-order valence-electron chi connectivity index (χ3n) is 4.54. The summed E-state index contributed by atoms with van der Waals surface area (Å²) in [5.74, 6) is 0.185. The van der Waals surface area contributed by atoms with E-state index in [1.54, 1.807) is 6.92 Å². The van der Waals surface area contributed by atoms with Crippen LogP contribution in [0.1, 0.15) is 18.1 Å². The number of aryl methyl sites for hydroxylation is 1. The van der Waals surface area contributed by atoms with Crippen molar-refractivity contribution < 1.29 is 27.8 Å². The lowest BCUT2D eigenvalue weighted by Gasteiger charge is -2.22. The van der Waals surface area contributed by atoms with Crippen LogP contribution >= 0.6 is 0 Å². The molecule has 1 atom stereocenters. The molecule has 6 nitrogen and oxygen atoms in total. The second-order valence-corrected chi connectivity index (χ2v) is 6.58. The first-order valence-electron chi connectivity index (χ1n) is 8.68. The number of hydrogen-bond acceptors (Lipinski definition) is 4. The Morgan fingerprint density at radius 2 is 1.64 bits per heavy atom. The van der Waals surface area contributed by atoms with Crippen LogP contribution in [0.4, 0.5) is 13.6 Å². The standard InChI is InChI=1S/C20H20F2N2O4/c1-13-3-7-15(8-4-13)27-12-11-24-17(25)20(2,23-19(24)26)14-5-9-16(10-6-14)28-18(21)22/h3-10,18H,11-12H2,1-2H3,(H,23,26)/t20-/m1/s1. The Morgan fingerprint density at radius 1 is 1.04 bits per heavy atom. The number of ether oxygens (including phenoxy) is 2. The van der Waals surface area contributed by atoms with Gasteiger partial charge in [-0.15, -0.1) is 0 Å². The van der Waals surface area contributed by atoms with Gasteiger partial charge in [-0.05, 0) is 43.7 Å². The highest BCUT2D eigenvalue weighted by molar-refractivity contribution is 6.07. The van der Waals surface area contributed by atoms with E-state index in [1.165, 1.54) is 24.3 Å². The molecular formula is C20H20F2N2O4. The van der Waals surface area contributed by atoms with Crippen molar-refractivity contribution in [1.82, 2.24) is 10.2 Å². The monoisotopic (exact) mass is 390 g/mol. The van der Waals surface area contributed by atoms with Crippen molar-refractivity contribution in [3.63, 3.8) is 0 Å². The highest BCUT2D eigenvalue weighted by Crippen LogP contribution is 2.30. The molecule has 1 heterocycles. The van der Waals surface area contributed by atoms with Crippen LogP contribution in [0, 0.1) is 6.92 Å². The molecule has 1 N–H and O–H groups in total. The molecule has 0 aliphatic carbocycles. The highest BCUT2D eigenvalue weighted by atomic mass is 19.3. The Morgan fingerprint density at radius 3 is 2.25 bits per heavy atom. The molecule has 2 aromatic rings. The van der Waals surface area contributed by atoms with Crippen molar-refractivity contribution in [3.8, 4) is 11.5 Å². The van der Waals surface area contributed by atoms with Gasteiger partial charge < -0.3 is 14.8 Å². The van der Waals surface area contributed by atoms with E-state index >= 15 is 0 Å². The predicted molar refractivity (Wildman–Crippen MR) is 97.3 cm³/mol. The van der Waals surface area contributed by atoms with E-state index in [1.807, 2.05) is 31.2 Å². The minimum Gasteiger partial charge on any atom is -0.492 e. The first kappa shape index (κ1) is 19.6. The Hall–Kier alpha value is -3.16. The third kappa shape index (κ3) is 4.05. The quantitative estimate of drug-likeness (QED) is 0.736. The summed E-state index contributed by atoms with van der Waals surface area (Å²) in [5.41, 5.74) is 0.279. The number of nitrogens with one attached hydrogen (secondary N) is 1. The Labute approximate surface area is 161 Å². The molecule has 148 valence electrons. The zero-order chi connectivity index (χ0) is 20.3. The molecule has 0 bridgehead atoms. The molecule has 0 aromatic heterocycles. The lowest BCUT2D eigenvalue weighted by atomic mass is 9.92. The van der Waals surface area contributed by atoms with E-state index in [4.69, 9.17) is 4.74 Å². The number of amides is 3. The Kier molecular flexibility index (Phi) is 5.48. The minimum absolute atomic E-state index is 0.0255. The first-order chi connectivity index (χ1) is 13.3. The van der Waals surface area contributed by atoms with Crippen LogP contribution < -0.4 is 14.8 Å². The normalized spacial score (nSPS) is 19.1. The lowest BCUT2D eigenvalue weighted by molar-refractivity contribution is -0.131. The minimum atomic E-state index is -2.93. The van der Waals surface area contributed by atoms with E-state index in [0.29, 0.717) is 11.3 Å². The summed E-state index contributed by atoms with van der Waals surface area (Å²) in [7, 11) is 0. The Balaban J connectivity index is 1.65. The fourth-order valence-electron chi connectivity index (χ4n) is 2.95. The third-order valence-corrected chi connectivity index (χ3v) is 4.54. The van der Waals surface area contributed by atoms with Gasteiger partial charge in [-0.25, -0.2) is 4.79 Å². The predicted octanol–water partition coefficient (Wildman–Crippen LogP) is 3.44. The number of imide groups is 1. The number of rotatable bonds is 7. The average molecular weight is 390 g/mol. The highest BCUT2D eigenvalue weighted by Gasteiger charge is 2.48. The molecule has 0 saturated carbocycles. The molecule has 3 rings (SSSR count). The number of alkyl halides is 2. The van der Waals surface area contributed by atoms with Gasteiger partial charge in [0, 0.05) is 0 Å². The number of hydrogen-bond donors (Lipinski definition) is 1. The maximum Gasteiger partial charge on any atom is 0.387 e. The topological polar surface area (TPSA) is 67.9 Å². The summed E-state index contributed by atoms with van der Waals surface area (Å²) in [6.45, 7) is 0.833. The van der Waals surface area contributed by atoms with Crippen LogP contribution in [0.15, 0.2) is 48.5 Å². The Bertz CT molecular complexity index is 856. The smallest absolute Gasteiger partial charge is 0.387 e. The van der Waals surface area contributed by atoms with Gasteiger partial charge in [0.15, 0.2) is 0 Å². The van der Waals surface area contributed by atoms with Gasteiger partial charge in [0.05, 0.1) is 6.54 Å². The van der Waals surface area contributed by atoms with Crippen molar-refractivity contribution in [3.05, 3.63) is 59.7 Å². The molecule has 0 unspecified atom stereocenters. The molecule has 0 radical (unpaired) electrons. The summed E-state index contributed by atoms with van der Waals surface area (Å²) >= 11 is 0. The van der Waals surface area contributed by atoms with Crippen LogP contribution in [-0.2, 0) is 10.3 Å². The SMILES string of the molecule is Cc1ccc(OCCN2C(=O)N[C@](C)(c3ccc(OC(F)F)cc3)C2=O)cc1. The maximum absolute atomic E-state index is 12.8. The van der Waals surface area contributed by atoms with E-state index in [-0.39, 0.29) is 18.9 Å². The summed E-state index contributed by atoms with van der Waals surface area (Å²) < 4.78 is 34.4. The first-order valence-corrected chi connectivity index (χ1v) is 8.68. The van der Waals surface area contributed by atoms with Gasteiger partial charge >= 0.3 is 12.6 Å². The van der Waals surface area contributed by atoms with Crippen LogP contribution in [0.2, 0.25) is 0 Å². The molecule has 2 aromatic carbocycles. The average Bonchev–Trinajstić information content (AvgIpc) is 2.87. The largest absolute Gasteiger partial charge is 0.492 e. The lowest BCUT2D eigenvalue weighted by Crippen LogP contribution is -2.41. The molecule has 1 saturated heterocycles. The summed E-state index contributed by atoms with van der Waals surface area (Å²) in [6.07, 6.45) is 0. The molecule has 1 aliphatic rings. The van der Waals surface area contributed by atoms with Crippen molar-refractivity contribution in [2.45, 2.75) is 26.0 Å². The molecular weight excluding hydrogens is 370 g/mol. The second kappa shape index (κ2) is 7.84. The number of halogens is 2. The van der Waals surface area contributed by atoms with Gasteiger partial charge in [0.1, 0.15) is 23.6 Å². The summed E-state index contributed by atoms with van der Waals surface area (Å²) in [6, 6.07) is 12.5. The molecule has 28 heavy (non-hydrogen) atoms. The fourth-order valence-corrected chi connectivity index (χ4v) is 2.95. The molecule has 0 spiro atoms. The van der Waals surface area contributed by atoms with E-state index in [2.05, 4.69) is 10.1 Å². The second-order valence-electron chi connectivity index (χ2n) is 6.58. The number of urea groups is 1. The van der Waals surface area contributed by atoms with Crippen molar-refractivity contribution in [1.29, 1.82) is 0 Å². The summed E-state index contributed by atoms with van der Waals surface area (Å²) in [5, 5.41) is 2.66. The molecule has 1 aliphatic heterocycles. The van der Waals surface area contributed by atoms with Crippen LogP contribution in [-0.4, -0.2) is 36.6 Å². The number of carbonyl (C=O) groups is 2. The number of benzene rings is 2. The molecule has 8 heteroatoms. The van der Waals surface area contributed by atoms with Gasteiger partial charge in [-0.3, -0.25) is 9.69 Å². The number of nitrogens with zero attached hydrogens (tertiary/aromatic N) is 1. The van der Waals surface area contributed by atoms with E-state index < -0.39 is 24.1 Å². The molecule has 1 fully saturated rings. The van der Waals surface area contributed by atoms with Crippen LogP contribution in [0.3, 0.4) is 0 Å². The van der Waals surface area contributed by atoms with Gasteiger partial charge in [0.25, 0.3) is 5.91 Å².